The highest BCUT2D eigenvalue weighted by atomic mass is 79.9. The Kier molecular flexibility index (Phi) is 3.24. The molecule has 0 saturated carbocycles. The lowest BCUT2D eigenvalue weighted by Gasteiger charge is -2.17. The van der Waals surface area contributed by atoms with Crippen LogP contribution >= 0.6 is 15.9 Å². The van der Waals surface area contributed by atoms with Gasteiger partial charge in [0.2, 0.25) is 0 Å². The highest BCUT2D eigenvalue weighted by Gasteiger charge is 2.15. The van der Waals surface area contributed by atoms with Crippen molar-refractivity contribution in [2.75, 3.05) is 18.0 Å². The molecule has 0 N–H and O–H groups in total. The Hall–Kier alpha value is -0.640. The van der Waals surface area contributed by atoms with Gasteiger partial charge in [-0.25, -0.2) is 9.97 Å². The third kappa shape index (κ3) is 2.48. The molecule has 4 heteroatoms. The topological polar surface area (TPSA) is 29.0 Å². The molecular weight excluding hydrogens is 254 g/mol. The predicted octanol–water partition coefficient (Wildman–Crippen LogP) is 2.96. The lowest BCUT2D eigenvalue weighted by molar-refractivity contribution is 0.797. The van der Waals surface area contributed by atoms with Crippen LogP contribution in [0.25, 0.3) is 0 Å². The smallest absolute Gasteiger partial charge is 0.198 e. The molecule has 0 aliphatic carbocycles. The maximum Gasteiger partial charge on any atom is 0.198 e. The summed E-state index contributed by atoms with van der Waals surface area (Å²) in [5, 5.41) is 0. The summed E-state index contributed by atoms with van der Waals surface area (Å²) in [6, 6.07) is 2.11. The average molecular weight is 270 g/mol. The van der Waals surface area contributed by atoms with Crippen LogP contribution in [0.15, 0.2) is 10.8 Å². The first kappa shape index (κ1) is 10.9. The van der Waals surface area contributed by atoms with Gasteiger partial charge >= 0.3 is 0 Å². The van der Waals surface area contributed by atoms with Crippen LogP contribution in [-0.2, 0) is 0 Å². The Bertz CT molecular complexity index is 346. The molecule has 0 aromatic carbocycles. The molecule has 82 valence electrons. The maximum absolute atomic E-state index is 4.43. The van der Waals surface area contributed by atoms with Crippen molar-refractivity contribution in [2.24, 2.45) is 0 Å². The maximum atomic E-state index is 4.43. The average Bonchev–Trinajstić information content (AvgIpc) is 2.69. The van der Waals surface area contributed by atoms with E-state index in [1.165, 1.54) is 12.8 Å². The molecule has 2 rings (SSSR count). The molecule has 1 aliphatic heterocycles. The quantitative estimate of drug-likeness (QED) is 0.774. The van der Waals surface area contributed by atoms with Gasteiger partial charge < -0.3 is 4.90 Å². The standard InChI is InChI=1S/C11H16BrN3/c1-8(2)9-7-10(14-11(12)13-9)15-5-3-4-6-15/h7-8H,3-6H2,1-2H3. The zero-order chi connectivity index (χ0) is 10.8. The van der Waals surface area contributed by atoms with Crippen LogP contribution < -0.4 is 4.90 Å². The van der Waals surface area contributed by atoms with Gasteiger partial charge in [0.1, 0.15) is 5.82 Å². The van der Waals surface area contributed by atoms with Crippen molar-refractivity contribution < 1.29 is 0 Å². The number of halogens is 1. The molecular formula is C11H16BrN3. The van der Waals surface area contributed by atoms with Crippen molar-refractivity contribution in [1.82, 2.24) is 9.97 Å². The van der Waals surface area contributed by atoms with E-state index in [0.29, 0.717) is 10.7 Å². The van der Waals surface area contributed by atoms with E-state index in [0.717, 1.165) is 24.6 Å². The van der Waals surface area contributed by atoms with E-state index < -0.39 is 0 Å². The number of hydrogen-bond acceptors (Lipinski definition) is 3. The molecule has 0 amide bonds. The fourth-order valence-electron chi connectivity index (χ4n) is 1.83. The van der Waals surface area contributed by atoms with Crippen LogP contribution in [0.1, 0.15) is 38.3 Å². The molecule has 1 saturated heterocycles. The van der Waals surface area contributed by atoms with E-state index in [-0.39, 0.29) is 0 Å². The minimum absolute atomic E-state index is 0.450. The molecule has 1 aromatic rings. The van der Waals surface area contributed by atoms with Crippen LogP contribution in [0.4, 0.5) is 5.82 Å². The zero-order valence-corrected chi connectivity index (χ0v) is 10.8. The first-order valence-corrected chi connectivity index (χ1v) is 6.25. The van der Waals surface area contributed by atoms with Crippen molar-refractivity contribution in [2.45, 2.75) is 32.6 Å². The van der Waals surface area contributed by atoms with Gasteiger partial charge in [0, 0.05) is 24.8 Å². The Morgan fingerprint density at radius 3 is 2.53 bits per heavy atom. The van der Waals surface area contributed by atoms with Crippen LogP contribution in [-0.4, -0.2) is 23.1 Å². The fourth-order valence-corrected chi connectivity index (χ4v) is 2.21. The Labute approximate surface area is 99.0 Å². The molecule has 1 aromatic heterocycles. The van der Waals surface area contributed by atoms with Gasteiger partial charge in [0.05, 0.1) is 0 Å². The Morgan fingerprint density at radius 2 is 1.93 bits per heavy atom. The molecule has 0 spiro atoms. The zero-order valence-electron chi connectivity index (χ0n) is 9.20. The van der Waals surface area contributed by atoms with Gasteiger partial charge in [0.25, 0.3) is 0 Å². The van der Waals surface area contributed by atoms with E-state index in [2.05, 4.69) is 50.7 Å². The lowest BCUT2D eigenvalue weighted by Crippen LogP contribution is -2.19. The number of anilines is 1. The lowest BCUT2D eigenvalue weighted by atomic mass is 10.1. The summed E-state index contributed by atoms with van der Waals surface area (Å²) in [5.41, 5.74) is 1.11. The molecule has 1 fully saturated rings. The summed E-state index contributed by atoms with van der Waals surface area (Å²) in [4.78, 5) is 11.1. The molecule has 15 heavy (non-hydrogen) atoms. The predicted molar refractivity (Wildman–Crippen MR) is 65.3 cm³/mol. The summed E-state index contributed by atoms with van der Waals surface area (Å²) in [6.07, 6.45) is 2.55. The summed E-state index contributed by atoms with van der Waals surface area (Å²) < 4.78 is 0.704. The normalized spacial score (nSPS) is 16.4. The molecule has 1 aliphatic rings. The van der Waals surface area contributed by atoms with E-state index in [1.807, 2.05) is 0 Å². The summed E-state index contributed by atoms with van der Waals surface area (Å²) in [5.74, 6) is 1.52. The van der Waals surface area contributed by atoms with Crippen LogP contribution in [0, 0.1) is 0 Å². The highest BCUT2D eigenvalue weighted by Crippen LogP contribution is 2.23. The third-order valence-electron chi connectivity index (χ3n) is 2.73. The SMILES string of the molecule is CC(C)c1cc(N2CCCC2)nc(Br)n1. The van der Waals surface area contributed by atoms with Crippen molar-refractivity contribution in [3.05, 3.63) is 16.5 Å². The van der Waals surface area contributed by atoms with Crippen molar-refractivity contribution in [3.8, 4) is 0 Å². The van der Waals surface area contributed by atoms with Gasteiger partial charge in [-0.1, -0.05) is 13.8 Å². The minimum Gasteiger partial charge on any atom is -0.356 e. The minimum atomic E-state index is 0.450. The van der Waals surface area contributed by atoms with E-state index >= 15 is 0 Å². The van der Waals surface area contributed by atoms with Crippen LogP contribution in [0.5, 0.6) is 0 Å². The van der Waals surface area contributed by atoms with E-state index in [1.54, 1.807) is 0 Å². The van der Waals surface area contributed by atoms with Crippen LogP contribution in [0.3, 0.4) is 0 Å². The first-order valence-electron chi connectivity index (χ1n) is 5.46. The van der Waals surface area contributed by atoms with Crippen molar-refractivity contribution in [1.29, 1.82) is 0 Å². The monoisotopic (exact) mass is 269 g/mol. The van der Waals surface area contributed by atoms with Gasteiger partial charge in [0.15, 0.2) is 4.73 Å². The largest absolute Gasteiger partial charge is 0.356 e. The van der Waals surface area contributed by atoms with Gasteiger partial charge in [-0.2, -0.15) is 0 Å². The van der Waals surface area contributed by atoms with E-state index in [9.17, 15) is 0 Å². The molecule has 0 bridgehead atoms. The van der Waals surface area contributed by atoms with Gasteiger partial charge in [-0.05, 0) is 34.7 Å². The third-order valence-corrected chi connectivity index (χ3v) is 3.08. The van der Waals surface area contributed by atoms with Crippen molar-refractivity contribution in [3.63, 3.8) is 0 Å². The summed E-state index contributed by atoms with van der Waals surface area (Å²) in [7, 11) is 0. The van der Waals surface area contributed by atoms with Crippen LogP contribution in [0.2, 0.25) is 0 Å². The second kappa shape index (κ2) is 4.47. The van der Waals surface area contributed by atoms with E-state index in [4.69, 9.17) is 0 Å². The number of nitrogens with zero attached hydrogens (tertiary/aromatic N) is 3. The molecule has 0 atom stereocenters. The Morgan fingerprint density at radius 1 is 1.27 bits per heavy atom. The molecule has 2 heterocycles. The summed E-state index contributed by atoms with van der Waals surface area (Å²) in [6.45, 7) is 6.56. The molecule has 3 nitrogen and oxygen atoms in total. The Balaban J connectivity index is 2.30. The second-order valence-corrected chi connectivity index (χ2v) is 4.98. The molecule has 0 unspecified atom stereocenters. The fraction of sp³-hybridized carbons (Fsp3) is 0.636. The first-order chi connectivity index (χ1) is 7.16. The summed E-state index contributed by atoms with van der Waals surface area (Å²) >= 11 is 3.38. The van der Waals surface area contributed by atoms with Gasteiger partial charge in [-0.3, -0.25) is 0 Å². The van der Waals surface area contributed by atoms with Gasteiger partial charge in [-0.15, -0.1) is 0 Å². The highest BCUT2D eigenvalue weighted by molar-refractivity contribution is 9.10. The number of aromatic nitrogens is 2. The van der Waals surface area contributed by atoms with Crippen molar-refractivity contribution >= 4 is 21.7 Å². The molecule has 0 radical (unpaired) electrons. The number of hydrogen-bond donors (Lipinski definition) is 0. The second-order valence-electron chi connectivity index (χ2n) is 4.27. The number of rotatable bonds is 2.